The van der Waals surface area contributed by atoms with Crippen LogP contribution in [-0.2, 0) is 21.2 Å². The summed E-state index contributed by atoms with van der Waals surface area (Å²) >= 11 is 7.16. The van der Waals surface area contributed by atoms with Gasteiger partial charge in [-0.25, -0.2) is 13.4 Å². The first-order valence-corrected chi connectivity index (χ1v) is 14.4. The number of aryl methyl sites for hydroxylation is 1. The van der Waals surface area contributed by atoms with Crippen LogP contribution in [0, 0.1) is 0 Å². The molecule has 2 aliphatic heterocycles. The van der Waals surface area contributed by atoms with Crippen molar-refractivity contribution in [3.8, 4) is 0 Å². The number of carbonyl (C=O) groups excluding carboxylic acids is 1. The molecule has 3 aromatic rings. The number of nitrogens with one attached hydrogen (secondary N) is 1. The van der Waals surface area contributed by atoms with Crippen molar-refractivity contribution < 1.29 is 16.1 Å². The SMILES string of the molecule is C[C@H](C(=O)N1CCN(c2ccc(S(=O)(=O)Nc3ncns3)cc2)CC1)N1CCCc2cc(Cl)ccc21.[HH].[HH]. The summed E-state index contributed by atoms with van der Waals surface area (Å²) in [6.07, 6.45) is 3.28. The molecule has 1 fully saturated rings. The largest absolute Gasteiger partial charge is 0.368 e. The van der Waals surface area contributed by atoms with E-state index in [1.54, 1.807) is 24.3 Å². The number of fused-ring (bicyclic) bond motifs is 1. The summed E-state index contributed by atoms with van der Waals surface area (Å²) in [6.45, 7) is 5.42. The number of amides is 1. The van der Waals surface area contributed by atoms with Crippen LogP contribution in [0.25, 0.3) is 0 Å². The molecule has 0 saturated carbocycles. The number of halogens is 1. The van der Waals surface area contributed by atoms with Gasteiger partial charge in [-0.15, -0.1) is 0 Å². The molecule has 1 aromatic heterocycles. The van der Waals surface area contributed by atoms with E-state index in [1.807, 2.05) is 30.0 Å². The zero-order valence-electron chi connectivity index (χ0n) is 19.8. The predicted octanol–water partition coefficient (Wildman–Crippen LogP) is 3.97. The number of sulfonamides is 1. The van der Waals surface area contributed by atoms with E-state index in [-0.39, 0.29) is 24.8 Å². The third-order valence-corrected chi connectivity index (χ3v) is 9.01. The van der Waals surface area contributed by atoms with Crippen molar-refractivity contribution in [2.45, 2.75) is 30.7 Å². The van der Waals surface area contributed by atoms with Crippen LogP contribution in [0.4, 0.5) is 16.5 Å². The lowest BCUT2D eigenvalue weighted by molar-refractivity contribution is -0.132. The average molecular weight is 551 g/mol. The Bertz CT molecular complexity index is 1340. The van der Waals surface area contributed by atoms with Gasteiger partial charge in [0.2, 0.25) is 11.0 Å². The molecular formula is C24H31ClN6O3S2. The minimum atomic E-state index is -3.72. The molecule has 12 heteroatoms. The van der Waals surface area contributed by atoms with Gasteiger partial charge in [-0.3, -0.25) is 9.52 Å². The molecule has 1 atom stereocenters. The van der Waals surface area contributed by atoms with Crippen molar-refractivity contribution in [2.75, 3.05) is 47.2 Å². The van der Waals surface area contributed by atoms with E-state index in [2.05, 4.69) is 23.9 Å². The fourth-order valence-electron chi connectivity index (χ4n) is 4.81. The molecular weight excluding hydrogens is 520 g/mol. The summed E-state index contributed by atoms with van der Waals surface area (Å²) in [7, 11) is -3.72. The molecule has 1 amide bonds. The lowest BCUT2D eigenvalue weighted by Crippen LogP contribution is -2.55. The van der Waals surface area contributed by atoms with Crippen molar-refractivity contribution in [2.24, 2.45) is 0 Å². The average Bonchev–Trinajstić information content (AvgIpc) is 3.40. The zero-order chi connectivity index (χ0) is 25.3. The number of nitrogens with zero attached hydrogens (tertiary/aromatic N) is 5. The van der Waals surface area contributed by atoms with E-state index in [1.165, 1.54) is 11.9 Å². The maximum Gasteiger partial charge on any atom is 0.263 e. The van der Waals surface area contributed by atoms with Crippen molar-refractivity contribution in [3.63, 3.8) is 0 Å². The van der Waals surface area contributed by atoms with Crippen LogP contribution >= 0.6 is 23.1 Å². The van der Waals surface area contributed by atoms with Crippen molar-refractivity contribution in [1.29, 1.82) is 0 Å². The lowest BCUT2D eigenvalue weighted by Gasteiger charge is -2.41. The topological polar surface area (TPSA) is 98.7 Å². The molecule has 0 radical (unpaired) electrons. The van der Waals surface area contributed by atoms with E-state index in [0.29, 0.717) is 26.2 Å². The highest BCUT2D eigenvalue weighted by atomic mass is 35.5. The quantitative estimate of drug-likeness (QED) is 0.495. The summed E-state index contributed by atoms with van der Waals surface area (Å²) in [5, 5.41) is 0.954. The van der Waals surface area contributed by atoms with Crippen LogP contribution in [0.15, 0.2) is 53.7 Å². The van der Waals surface area contributed by atoms with Gasteiger partial charge in [0.05, 0.1) is 4.90 Å². The van der Waals surface area contributed by atoms with Crippen LogP contribution < -0.4 is 14.5 Å². The highest BCUT2D eigenvalue weighted by Gasteiger charge is 2.31. The molecule has 0 aliphatic carbocycles. The smallest absolute Gasteiger partial charge is 0.263 e. The second-order valence-corrected chi connectivity index (χ2v) is 11.8. The first-order chi connectivity index (χ1) is 17.3. The number of piperazine rings is 1. The molecule has 36 heavy (non-hydrogen) atoms. The zero-order valence-corrected chi connectivity index (χ0v) is 22.2. The van der Waals surface area contributed by atoms with Gasteiger partial charge < -0.3 is 14.7 Å². The number of rotatable bonds is 6. The number of anilines is 3. The second-order valence-electron chi connectivity index (χ2n) is 8.90. The van der Waals surface area contributed by atoms with Crippen LogP contribution in [0.1, 0.15) is 21.8 Å². The molecule has 0 spiro atoms. The number of hydrogen-bond acceptors (Lipinski definition) is 8. The maximum absolute atomic E-state index is 13.4. The number of hydrogen-bond donors (Lipinski definition) is 1. The summed E-state index contributed by atoms with van der Waals surface area (Å²) < 4.78 is 31.3. The third-order valence-electron chi connectivity index (χ3n) is 6.71. The summed E-state index contributed by atoms with van der Waals surface area (Å²) in [5.74, 6) is 0.127. The predicted molar refractivity (Wildman–Crippen MR) is 147 cm³/mol. The Morgan fingerprint density at radius 2 is 1.86 bits per heavy atom. The Labute approximate surface area is 222 Å². The molecule has 0 bridgehead atoms. The maximum atomic E-state index is 13.4. The highest BCUT2D eigenvalue weighted by molar-refractivity contribution is 7.93. The molecule has 9 nitrogen and oxygen atoms in total. The minimum absolute atomic E-state index is 0. The Balaban J connectivity index is 0.00000200. The minimum Gasteiger partial charge on any atom is -0.368 e. The molecule has 2 aromatic carbocycles. The van der Waals surface area contributed by atoms with Gasteiger partial charge in [-0.1, -0.05) is 11.6 Å². The molecule has 1 N–H and O–H groups in total. The van der Waals surface area contributed by atoms with E-state index < -0.39 is 10.0 Å². The number of benzene rings is 2. The number of aromatic nitrogens is 2. The van der Waals surface area contributed by atoms with Gasteiger partial charge >= 0.3 is 0 Å². The van der Waals surface area contributed by atoms with Crippen molar-refractivity contribution in [1.82, 2.24) is 14.3 Å². The van der Waals surface area contributed by atoms with Gasteiger partial charge in [0, 0.05) is 63.5 Å². The van der Waals surface area contributed by atoms with Crippen LogP contribution in [-0.4, -0.2) is 67.3 Å². The lowest BCUT2D eigenvalue weighted by atomic mass is 10.00. The fraction of sp³-hybridized carbons (Fsp3) is 0.375. The Morgan fingerprint density at radius 1 is 1.11 bits per heavy atom. The van der Waals surface area contributed by atoms with Gasteiger partial charge in [0.15, 0.2) is 0 Å². The van der Waals surface area contributed by atoms with Gasteiger partial charge in [0.25, 0.3) is 10.0 Å². The van der Waals surface area contributed by atoms with E-state index >= 15 is 0 Å². The third kappa shape index (κ3) is 5.14. The summed E-state index contributed by atoms with van der Waals surface area (Å²) in [6, 6.07) is 12.4. The molecule has 0 unspecified atom stereocenters. The van der Waals surface area contributed by atoms with Crippen LogP contribution in [0.2, 0.25) is 5.02 Å². The molecule has 2 aliphatic rings. The fourth-order valence-corrected chi connectivity index (χ4v) is 6.66. The Kier molecular flexibility index (Phi) is 7.05. The van der Waals surface area contributed by atoms with Gasteiger partial charge in [-0.2, -0.15) is 4.37 Å². The monoisotopic (exact) mass is 550 g/mol. The molecule has 3 heterocycles. The Hall–Kier alpha value is -2.89. The van der Waals surface area contributed by atoms with Gasteiger partial charge in [0.1, 0.15) is 12.4 Å². The van der Waals surface area contributed by atoms with Crippen LogP contribution in [0.3, 0.4) is 0 Å². The highest BCUT2D eigenvalue weighted by Crippen LogP contribution is 2.31. The van der Waals surface area contributed by atoms with Crippen molar-refractivity contribution in [3.05, 3.63) is 59.4 Å². The molecule has 194 valence electrons. The van der Waals surface area contributed by atoms with Gasteiger partial charge in [-0.05, 0) is 67.8 Å². The standard InChI is InChI=1S/C24H27ClN6O3S2.2H2/c1-17(31-10-2-3-18-15-19(25)4-9-22(18)31)23(32)30-13-11-29(12-14-30)20-5-7-21(8-6-20)36(33,34)28-24-26-16-27-35-24;;/h4-9,15-17H,2-3,10-14H2,1H3,(H,26,27,28);2*1H/t17-;;/m1../s1. The summed E-state index contributed by atoms with van der Waals surface area (Å²) in [4.78, 5) is 23.7. The first kappa shape index (κ1) is 24.8. The van der Waals surface area contributed by atoms with E-state index in [0.717, 1.165) is 47.3 Å². The van der Waals surface area contributed by atoms with E-state index in [4.69, 9.17) is 11.6 Å². The van der Waals surface area contributed by atoms with Crippen molar-refractivity contribution >= 4 is 55.6 Å². The molecule has 1 saturated heterocycles. The Morgan fingerprint density at radius 3 is 2.56 bits per heavy atom. The first-order valence-electron chi connectivity index (χ1n) is 11.8. The molecule has 5 rings (SSSR count). The van der Waals surface area contributed by atoms with Crippen LogP contribution in [0.5, 0.6) is 0 Å². The van der Waals surface area contributed by atoms with E-state index in [9.17, 15) is 13.2 Å². The normalized spacial score (nSPS) is 17.0. The number of carbonyl (C=O) groups is 1. The summed E-state index contributed by atoms with van der Waals surface area (Å²) in [5.41, 5.74) is 3.22. The second kappa shape index (κ2) is 10.2.